The standard InChI is InChI=1S/C17H17FN2O2S/c1-21-14-6-5-12(18)10-13(14)17-19-7-8-20(17)11-15(22-2)16-4-3-9-23-16/h3-10,15H,11H2,1-2H3/t15-/m1/s1. The maximum absolute atomic E-state index is 13.6. The van der Waals surface area contributed by atoms with Gasteiger partial charge in [0, 0.05) is 24.4 Å². The van der Waals surface area contributed by atoms with Gasteiger partial charge >= 0.3 is 0 Å². The summed E-state index contributed by atoms with van der Waals surface area (Å²) in [5, 5.41) is 2.02. The lowest BCUT2D eigenvalue weighted by Crippen LogP contribution is -2.11. The average Bonchev–Trinajstić information content (AvgIpc) is 3.24. The van der Waals surface area contributed by atoms with E-state index in [1.165, 1.54) is 12.1 Å². The molecule has 3 rings (SSSR count). The molecule has 1 atom stereocenters. The molecule has 0 unspecified atom stereocenters. The average molecular weight is 332 g/mol. The molecule has 1 aromatic carbocycles. The Morgan fingerprint density at radius 3 is 2.87 bits per heavy atom. The van der Waals surface area contributed by atoms with Gasteiger partial charge in [-0.2, -0.15) is 0 Å². The van der Waals surface area contributed by atoms with Crippen molar-refractivity contribution in [3.63, 3.8) is 0 Å². The van der Waals surface area contributed by atoms with Gasteiger partial charge in [-0.25, -0.2) is 9.37 Å². The van der Waals surface area contributed by atoms with Gasteiger partial charge in [0.1, 0.15) is 23.5 Å². The molecule has 0 N–H and O–H groups in total. The van der Waals surface area contributed by atoms with Crippen LogP contribution in [0, 0.1) is 5.82 Å². The normalized spacial score (nSPS) is 12.3. The Kier molecular flexibility index (Phi) is 4.73. The van der Waals surface area contributed by atoms with E-state index in [-0.39, 0.29) is 11.9 Å². The van der Waals surface area contributed by atoms with Crippen LogP contribution in [-0.4, -0.2) is 23.8 Å². The monoisotopic (exact) mass is 332 g/mol. The lowest BCUT2D eigenvalue weighted by molar-refractivity contribution is 0.0911. The number of halogens is 1. The smallest absolute Gasteiger partial charge is 0.143 e. The summed E-state index contributed by atoms with van der Waals surface area (Å²) < 4.78 is 26.5. The van der Waals surface area contributed by atoms with E-state index in [1.54, 1.807) is 37.8 Å². The summed E-state index contributed by atoms with van der Waals surface area (Å²) in [6, 6.07) is 8.45. The van der Waals surface area contributed by atoms with Crippen LogP contribution in [0.1, 0.15) is 11.0 Å². The zero-order valence-corrected chi connectivity index (χ0v) is 13.7. The summed E-state index contributed by atoms with van der Waals surface area (Å²) in [5.41, 5.74) is 0.624. The molecule has 4 nitrogen and oxygen atoms in total. The first-order chi connectivity index (χ1) is 11.2. The van der Waals surface area contributed by atoms with Gasteiger partial charge in [0.15, 0.2) is 0 Å². The van der Waals surface area contributed by atoms with Crippen molar-refractivity contribution in [3.8, 4) is 17.1 Å². The molecule has 0 saturated heterocycles. The minimum atomic E-state index is -0.322. The third-order valence-corrected chi connectivity index (χ3v) is 4.59. The van der Waals surface area contributed by atoms with Gasteiger partial charge in [-0.05, 0) is 29.6 Å². The number of aromatic nitrogens is 2. The molecule has 3 aromatic rings. The van der Waals surface area contributed by atoms with Gasteiger partial charge in [0.2, 0.25) is 0 Å². The minimum Gasteiger partial charge on any atom is -0.496 e. The lowest BCUT2D eigenvalue weighted by atomic mass is 10.1. The SMILES string of the molecule is COc1ccc(F)cc1-c1nccn1C[C@@H](OC)c1cccs1. The fraction of sp³-hybridized carbons (Fsp3) is 0.235. The summed E-state index contributed by atoms with van der Waals surface area (Å²) in [7, 11) is 3.25. The van der Waals surface area contributed by atoms with Gasteiger partial charge < -0.3 is 14.0 Å². The van der Waals surface area contributed by atoms with Crippen molar-refractivity contribution in [2.45, 2.75) is 12.6 Å². The summed E-state index contributed by atoms with van der Waals surface area (Å²) in [5.74, 6) is 0.917. The van der Waals surface area contributed by atoms with Crippen LogP contribution in [-0.2, 0) is 11.3 Å². The topological polar surface area (TPSA) is 36.3 Å². The first-order valence-electron chi connectivity index (χ1n) is 7.14. The fourth-order valence-electron chi connectivity index (χ4n) is 2.49. The van der Waals surface area contributed by atoms with Gasteiger partial charge in [-0.15, -0.1) is 11.3 Å². The van der Waals surface area contributed by atoms with Crippen LogP contribution in [0.5, 0.6) is 5.75 Å². The van der Waals surface area contributed by atoms with Crippen molar-refractivity contribution in [1.29, 1.82) is 0 Å². The first kappa shape index (κ1) is 15.7. The number of imidazole rings is 1. The van der Waals surface area contributed by atoms with Crippen LogP contribution in [0.3, 0.4) is 0 Å². The van der Waals surface area contributed by atoms with Gasteiger partial charge in [0.05, 0.1) is 19.2 Å². The van der Waals surface area contributed by atoms with E-state index in [0.29, 0.717) is 23.7 Å². The Hall–Kier alpha value is -2.18. The van der Waals surface area contributed by atoms with Crippen LogP contribution in [0.15, 0.2) is 48.1 Å². The van der Waals surface area contributed by atoms with E-state index in [4.69, 9.17) is 9.47 Å². The van der Waals surface area contributed by atoms with E-state index >= 15 is 0 Å². The number of benzene rings is 1. The van der Waals surface area contributed by atoms with Gasteiger partial charge in [-0.1, -0.05) is 6.07 Å². The molecule has 2 heterocycles. The molecular formula is C17H17FN2O2S. The van der Waals surface area contributed by atoms with Crippen LogP contribution < -0.4 is 4.74 Å². The molecule has 0 bridgehead atoms. The zero-order valence-electron chi connectivity index (χ0n) is 12.9. The fourth-order valence-corrected chi connectivity index (χ4v) is 3.28. The predicted octanol–water partition coefficient (Wildman–Crippen LogP) is 4.15. The number of ether oxygens (including phenoxy) is 2. The second-order valence-corrected chi connectivity index (χ2v) is 5.97. The molecule has 6 heteroatoms. The summed E-state index contributed by atoms with van der Waals surface area (Å²) in [4.78, 5) is 5.51. The maximum Gasteiger partial charge on any atom is 0.143 e. The number of hydrogen-bond donors (Lipinski definition) is 0. The van der Waals surface area contributed by atoms with Gasteiger partial charge in [-0.3, -0.25) is 0 Å². The number of hydrogen-bond acceptors (Lipinski definition) is 4. The molecule has 2 aromatic heterocycles. The van der Waals surface area contributed by atoms with Crippen molar-refractivity contribution in [2.75, 3.05) is 14.2 Å². The van der Waals surface area contributed by atoms with E-state index in [0.717, 1.165) is 4.88 Å². The zero-order chi connectivity index (χ0) is 16.2. The predicted molar refractivity (Wildman–Crippen MR) is 88.2 cm³/mol. The Labute approximate surface area is 138 Å². The van der Waals surface area contributed by atoms with Crippen molar-refractivity contribution in [1.82, 2.24) is 9.55 Å². The lowest BCUT2D eigenvalue weighted by Gasteiger charge is -2.17. The maximum atomic E-state index is 13.6. The van der Waals surface area contributed by atoms with Crippen molar-refractivity contribution >= 4 is 11.3 Å². The number of rotatable bonds is 6. The number of thiophene rings is 1. The molecule has 0 aliphatic rings. The highest BCUT2D eigenvalue weighted by Gasteiger charge is 2.17. The molecule has 0 fully saturated rings. The van der Waals surface area contributed by atoms with Crippen LogP contribution >= 0.6 is 11.3 Å². The van der Waals surface area contributed by atoms with E-state index in [9.17, 15) is 4.39 Å². The third kappa shape index (κ3) is 3.28. The van der Waals surface area contributed by atoms with E-state index < -0.39 is 0 Å². The summed E-state index contributed by atoms with van der Waals surface area (Å²) >= 11 is 1.65. The second-order valence-electron chi connectivity index (χ2n) is 4.99. The summed E-state index contributed by atoms with van der Waals surface area (Å²) in [6.07, 6.45) is 3.47. The molecule has 0 amide bonds. The third-order valence-electron chi connectivity index (χ3n) is 3.63. The molecule has 0 saturated carbocycles. The molecule has 0 radical (unpaired) electrons. The highest BCUT2D eigenvalue weighted by molar-refractivity contribution is 7.10. The first-order valence-corrected chi connectivity index (χ1v) is 8.02. The number of nitrogens with zero attached hydrogens (tertiary/aromatic N) is 2. The Morgan fingerprint density at radius 2 is 2.17 bits per heavy atom. The molecule has 23 heavy (non-hydrogen) atoms. The Bertz CT molecular complexity index is 771. The molecule has 0 spiro atoms. The number of methoxy groups -OCH3 is 2. The largest absolute Gasteiger partial charge is 0.496 e. The quantitative estimate of drug-likeness (QED) is 0.680. The van der Waals surface area contributed by atoms with Crippen molar-refractivity contribution in [2.24, 2.45) is 0 Å². The minimum absolute atomic E-state index is 0.0810. The highest BCUT2D eigenvalue weighted by atomic mass is 32.1. The van der Waals surface area contributed by atoms with Crippen LogP contribution in [0.25, 0.3) is 11.4 Å². The summed E-state index contributed by atoms with van der Waals surface area (Å²) in [6.45, 7) is 0.589. The molecule has 0 aliphatic heterocycles. The van der Waals surface area contributed by atoms with Gasteiger partial charge in [0.25, 0.3) is 0 Å². The molecular weight excluding hydrogens is 315 g/mol. The Balaban J connectivity index is 1.95. The van der Waals surface area contributed by atoms with Crippen molar-refractivity contribution in [3.05, 3.63) is 58.8 Å². The molecule has 120 valence electrons. The highest BCUT2D eigenvalue weighted by Crippen LogP contribution is 2.31. The van der Waals surface area contributed by atoms with E-state index in [2.05, 4.69) is 4.98 Å². The second kappa shape index (κ2) is 6.93. The van der Waals surface area contributed by atoms with Crippen LogP contribution in [0.4, 0.5) is 4.39 Å². The van der Waals surface area contributed by atoms with Crippen LogP contribution in [0.2, 0.25) is 0 Å². The molecule has 0 aliphatic carbocycles. The van der Waals surface area contributed by atoms with Crippen molar-refractivity contribution < 1.29 is 13.9 Å². The van der Waals surface area contributed by atoms with E-state index in [1.807, 2.05) is 28.3 Å². The Morgan fingerprint density at radius 1 is 1.30 bits per heavy atom.